The molecule has 1 aliphatic heterocycles. The minimum Gasteiger partial charge on any atom is -0.324 e. The maximum atomic E-state index is 13.8. The van der Waals surface area contributed by atoms with Gasteiger partial charge in [-0.1, -0.05) is 72.8 Å². The van der Waals surface area contributed by atoms with E-state index in [4.69, 9.17) is 0 Å². The van der Waals surface area contributed by atoms with Crippen LogP contribution >= 0.6 is 0 Å². The number of amides is 1. The van der Waals surface area contributed by atoms with Crippen LogP contribution in [0.4, 0.5) is 5.69 Å². The number of hydrogen-bond donors (Lipinski definition) is 1. The van der Waals surface area contributed by atoms with Gasteiger partial charge in [0, 0.05) is 29.9 Å². The van der Waals surface area contributed by atoms with Crippen LogP contribution in [0.15, 0.2) is 108 Å². The molecule has 0 fully saturated rings. The number of hydrogen-bond acceptors (Lipinski definition) is 5. The van der Waals surface area contributed by atoms with Gasteiger partial charge in [-0.2, -0.15) is 4.31 Å². The van der Waals surface area contributed by atoms with Crippen LogP contribution in [0.25, 0.3) is 16.5 Å². The van der Waals surface area contributed by atoms with Crippen molar-refractivity contribution >= 4 is 38.1 Å². The molecule has 0 saturated heterocycles. The highest BCUT2D eigenvalue weighted by Gasteiger charge is 2.38. The summed E-state index contributed by atoms with van der Waals surface area (Å²) >= 11 is 0. The highest BCUT2D eigenvalue weighted by Crippen LogP contribution is 2.29. The van der Waals surface area contributed by atoms with Gasteiger partial charge >= 0.3 is 0 Å². The largest absolute Gasteiger partial charge is 0.324 e. The SMILES string of the molecule is O=C1NC(c2cccc3ccccc23)=CCN(S(=O)(=O)c2ccc([N+](=O)[O-])cc2)[C@H]1Cc1ccccc1. The number of nitrogens with zero attached hydrogens (tertiary/aromatic N) is 2. The summed E-state index contributed by atoms with van der Waals surface area (Å²) in [5.41, 5.74) is 1.91. The van der Waals surface area contributed by atoms with Gasteiger partial charge in [0.15, 0.2) is 0 Å². The highest BCUT2D eigenvalue weighted by molar-refractivity contribution is 7.89. The summed E-state index contributed by atoms with van der Waals surface area (Å²) in [5, 5.41) is 15.9. The lowest BCUT2D eigenvalue weighted by Crippen LogP contribution is -2.48. The van der Waals surface area contributed by atoms with E-state index in [1.165, 1.54) is 12.1 Å². The van der Waals surface area contributed by atoms with Crippen LogP contribution in [0.2, 0.25) is 0 Å². The first-order valence-corrected chi connectivity index (χ1v) is 13.1. The molecule has 9 heteroatoms. The first kappa shape index (κ1) is 24.4. The van der Waals surface area contributed by atoms with E-state index < -0.39 is 26.9 Å². The van der Waals surface area contributed by atoms with Gasteiger partial charge in [-0.15, -0.1) is 0 Å². The summed E-state index contributed by atoms with van der Waals surface area (Å²) < 4.78 is 28.7. The lowest BCUT2D eigenvalue weighted by molar-refractivity contribution is -0.384. The summed E-state index contributed by atoms with van der Waals surface area (Å²) in [7, 11) is -4.17. The van der Waals surface area contributed by atoms with Crippen molar-refractivity contribution in [3.05, 3.63) is 124 Å². The Morgan fingerprint density at radius 1 is 0.892 bits per heavy atom. The number of carbonyl (C=O) groups is 1. The molecule has 1 heterocycles. The molecule has 1 N–H and O–H groups in total. The number of benzene rings is 4. The molecule has 0 aromatic heterocycles. The summed E-state index contributed by atoms with van der Waals surface area (Å²) in [5.74, 6) is -0.453. The van der Waals surface area contributed by atoms with Crippen LogP contribution in [0, 0.1) is 10.1 Å². The molecule has 4 aromatic carbocycles. The molecular weight excluding hydrogens is 490 g/mol. The maximum absolute atomic E-state index is 13.8. The molecule has 186 valence electrons. The zero-order valence-electron chi connectivity index (χ0n) is 19.7. The number of nitro groups is 1. The van der Waals surface area contributed by atoms with Gasteiger partial charge in [-0.3, -0.25) is 14.9 Å². The minimum absolute atomic E-state index is 0.0614. The van der Waals surface area contributed by atoms with E-state index in [9.17, 15) is 23.3 Å². The normalized spacial score (nSPS) is 16.6. The zero-order valence-corrected chi connectivity index (χ0v) is 20.5. The fraction of sp³-hybridized carbons (Fsp3) is 0.107. The molecule has 8 nitrogen and oxygen atoms in total. The van der Waals surface area contributed by atoms with Gasteiger partial charge in [-0.25, -0.2) is 8.42 Å². The Bertz CT molecular complexity index is 1610. The van der Waals surface area contributed by atoms with Crippen LogP contribution in [0.3, 0.4) is 0 Å². The van der Waals surface area contributed by atoms with Crippen molar-refractivity contribution < 1.29 is 18.1 Å². The summed E-state index contributed by atoms with van der Waals surface area (Å²) in [6, 6.07) is 26.4. The second-order valence-corrected chi connectivity index (χ2v) is 10.6. The predicted molar refractivity (Wildman–Crippen MR) is 141 cm³/mol. The van der Waals surface area contributed by atoms with E-state index in [1.54, 1.807) is 6.08 Å². The van der Waals surface area contributed by atoms with E-state index in [0.717, 1.165) is 38.3 Å². The van der Waals surface area contributed by atoms with Crippen molar-refractivity contribution in [2.75, 3.05) is 6.54 Å². The molecule has 0 spiro atoms. The number of nitrogens with one attached hydrogen (secondary N) is 1. The summed E-state index contributed by atoms with van der Waals surface area (Å²) in [6.07, 6.45) is 1.86. The van der Waals surface area contributed by atoms with Crippen molar-refractivity contribution in [3.8, 4) is 0 Å². The van der Waals surface area contributed by atoms with Crippen molar-refractivity contribution in [2.45, 2.75) is 17.4 Å². The number of rotatable bonds is 6. The lowest BCUT2D eigenvalue weighted by Gasteiger charge is -2.27. The molecule has 0 radical (unpaired) electrons. The molecule has 1 aliphatic rings. The minimum atomic E-state index is -4.17. The van der Waals surface area contributed by atoms with Crippen LogP contribution < -0.4 is 5.32 Å². The number of sulfonamides is 1. The molecule has 0 aliphatic carbocycles. The van der Waals surface area contributed by atoms with Gasteiger partial charge in [0.05, 0.1) is 9.82 Å². The summed E-state index contributed by atoms with van der Waals surface area (Å²) in [6.45, 7) is -0.0614. The quantitative estimate of drug-likeness (QED) is 0.301. The molecule has 1 amide bonds. The Hall–Kier alpha value is -4.34. The van der Waals surface area contributed by atoms with Gasteiger partial charge in [-0.05, 0) is 41.0 Å². The standard InChI is InChI=1S/C28H23N3O5S/c32-28-27(19-20-7-2-1-3-8-20)30(37(35,36)23-15-13-22(14-16-23)31(33)34)18-17-26(29-28)25-12-6-10-21-9-4-5-11-24(21)25/h1-17,27H,18-19H2,(H,29,32)/t27-/m0/s1. The van der Waals surface area contributed by atoms with Crippen LogP contribution in [0.1, 0.15) is 11.1 Å². The average molecular weight is 514 g/mol. The van der Waals surface area contributed by atoms with Crippen LogP contribution in [-0.4, -0.2) is 36.1 Å². The van der Waals surface area contributed by atoms with Crippen molar-refractivity contribution in [3.63, 3.8) is 0 Å². The van der Waals surface area contributed by atoms with Crippen LogP contribution in [0.5, 0.6) is 0 Å². The van der Waals surface area contributed by atoms with E-state index in [0.29, 0.717) is 5.70 Å². The van der Waals surface area contributed by atoms with Gasteiger partial charge in [0.25, 0.3) is 5.69 Å². The number of carbonyl (C=O) groups excluding carboxylic acids is 1. The monoisotopic (exact) mass is 513 g/mol. The smallest absolute Gasteiger partial charge is 0.269 e. The number of fused-ring (bicyclic) bond motifs is 1. The molecule has 37 heavy (non-hydrogen) atoms. The molecule has 5 rings (SSSR count). The molecular formula is C28H23N3O5S. The van der Waals surface area contributed by atoms with Gasteiger partial charge in [0.2, 0.25) is 15.9 Å². The van der Waals surface area contributed by atoms with Crippen molar-refractivity contribution in [2.24, 2.45) is 0 Å². The lowest BCUT2D eigenvalue weighted by atomic mass is 10.0. The van der Waals surface area contributed by atoms with Crippen molar-refractivity contribution in [1.29, 1.82) is 0 Å². The zero-order chi connectivity index (χ0) is 26.0. The molecule has 0 bridgehead atoms. The van der Waals surface area contributed by atoms with E-state index in [1.807, 2.05) is 72.8 Å². The Morgan fingerprint density at radius 3 is 2.30 bits per heavy atom. The Labute approximate surface area is 214 Å². The van der Waals surface area contributed by atoms with Crippen LogP contribution in [-0.2, 0) is 21.2 Å². The molecule has 0 unspecified atom stereocenters. The predicted octanol–water partition coefficient (Wildman–Crippen LogP) is 4.52. The summed E-state index contributed by atoms with van der Waals surface area (Å²) in [4.78, 5) is 24.0. The Kier molecular flexibility index (Phi) is 6.56. The molecule has 4 aromatic rings. The van der Waals surface area contributed by atoms with E-state index >= 15 is 0 Å². The first-order chi connectivity index (χ1) is 17.8. The Morgan fingerprint density at radius 2 is 1.57 bits per heavy atom. The highest BCUT2D eigenvalue weighted by atomic mass is 32.2. The van der Waals surface area contributed by atoms with E-state index in [2.05, 4.69) is 5.32 Å². The third kappa shape index (κ3) is 4.87. The second kappa shape index (κ2) is 9.96. The Balaban J connectivity index is 1.58. The molecule has 0 saturated carbocycles. The number of nitro benzene ring substituents is 1. The third-order valence-electron chi connectivity index (χ3n) is 6.39. The van der Waals surface area contributed by atoms with E-state index in [-0.39, 0.29) is 23.5 Å². The van der Waals surface area contributed by atoms with Gasteiger partial charge in [0.1, 0.15) is 6.04 Å². The average Bonchev–Trinajstić information content (AvgIpc) is 3.08. The maximum Gasteiger partial charge on any atom is 0.269 e. The second-order valence-electron chi connectivity index (χ2n) is 8.67. The number of non-ortho nitro benzene ring substituents is 1. The fourth-order valence-corrected chi connectivity index (χ4v) is 6.04. The third-order valence-corrected chi connectivity index (χ3v) is 8.28. The van der Waals surface area contributed by atoms with Crippen molar-refractivity contribution in [1.82, 2.24) is 9.62 Å². The molecule has 1 atom stereocenters. The fourth-order valence-electron chi connectivity index (χ4n) is 4.52. The first-order valence-electron chi connectivity index (χ1n) is 11.6. The topological polar surface area (TPSA) is 110 Å². The van der Waals surface area contributed by atoms with Gasteiger partial charge < -0.3 is 5.32 Å².